The van der Waals surface area contributed by atoms with Gasteiger partial charge in [-0.3, -0.25) is 32.5 Å². The van der Waals surface area contributed by atoms with E-state index >= 15 is 0 Å². The molecule has 1 saturated carbocycles. The summed E-state index contributed by atoms with van der Waals surface area (Å²) in [6, 6.07) is 0. The molecule has 6 N–H and O–H groups in total. The Bertz CT molecular complexity index is 243. The van der Waals surface area contributed by atoms with Gasteiger partial charge in [-0.25, -0.2) is 0 Å². The van der Waals surface area contributed by atoms with Crippen molar-refractivity contribution in [3.8, 4) is 0 Å². The summed E-state index contributed by atoms with van der Waals surface area (Å²) in [7, 11) is 0. The van der Waals surface area contributed by atoms with Crippen LogP contribution in [0.25, 0.3) is 0 Å². The zero-order valence-electron chi connectivity index (χ0n) is 6.00. The summed E-state index contributed by atoms with van der Waals surface area (Å²) in [5.74, 6) is 0. The molecule has 0 radical (unpaired) electrons. The van der Waals surface area contributed by atoms with E-state index in [-0.39, 0.29) is 0 Å². The molecule has 60 valence electrons. The van der Waals surface area contributed by atoms with Crippen LogP contribution in [-0.2, 0) is 0 Å². The highest BCUT2D eigenvalue weighted by Crippen LogP contribution is 1.99. The average Bonchev–Trinajstić information content (AvgIpc) is 2.08. The molecule has 0 aromatic heterocycles. The molecule has 0 amide bonds. The normalized spacial score (nSPS) is 19.0. The standard InChI is InChI=1S/C6H6N6/c7-1-2(8)4(10)6(12)5(11)3(1)9/h7-12H. The lowest BCUT2D eigenvalue weighted by Gasteiger charge is -2.16. The lowest BCUT2D eigenvalue weighted by molar-refractivity contribution is 1.44. The SMILES string of the molecule is N=C1C(=N)C(=N)C(=N)C(=N)C1=N. The molecule has 0 spiro atoms. The van der Waals surface area contributed by atoms with E-state index in [0.29, 0.717) is 0 Å². The van der Waals surface area contributed by atoms with E-state index in [9.17, 15) is 0 Å². The molecule has 1 aliphatic rings. The Morgan fingerprint density at radius 2 is 0.417 bits per heavy atom. The summed E-state index contributed by atoms with van der Waals surface area (Å²) in [5.41, 5.74) is -2.74. The topological polar surface area (TPSA) is 143 Å². The maximum atomic E-state index is 7.12. The molecule has 1 aliphatic carbocycles. The summed E-state index contributed by atoms with van der Waals surface area (Å²) >= 11 is 0. The van der Waals surface area contributed by atoms with Crippen molar-refractivity contribution >= 4 is 34.3 Å². The van der Waals surface area contributed by atoms with E-state index in [4.69, 9.17) is 32.5 Å². The monoisotopic (exact) mass is 162 g/mol. The third-order valence-corrected chi connectivity index (χ3v) is 1.50. The zero-order valence-corrected chi connectivity index (χ0v) is 6.00. The Hall–Kier alpha value is -1.98. The molecule has 6 nitrogen and oxygen atoms in total. The highest BCUT2D eigenvalue weighted by Gasteiger charge is 2.31. The van der Waals surface area contributed by atoms with Crippen molar-refractivity contribution in [2.45, 2.75) is 0 Å². The molecule has 0 atom stereocenters. The van der Waals surface area contributed by atoms with Gasteiger partial charge in [0.25, 0.3) is 0 Å². The first kappa shape index (κ1) is 8.12. The molecule has 0 bridgehead atoms. The molecule has 0 aromatic carbocycles. The second kappa shape index (κ2) is 2.26. The molecular weight excluding hydrogens is 156 g/mol. The van der Waals surface area contributed by atoms with Crippen molar-refractivity contribution in [2.24, 2.45) is 0 Å². The summed E-state index contributed by atoms with van der Waals surface area (Å²) in [6.45, 7) is 0. The second-order valence-corrected chi connectivity index (χ2v) is 2.25. The Morgan fingerprint density at radius 1 is 0.333 bits per heavy atom. The van der Waals surface area contributed by atoms with Crippen LogP contribution in [0.3, 0.4) is 0 Å². The summed E-state index contributed by atoms with van der Waals surface area (Å²) in [4.78, 5) is 0. The summed E-state index contributed by atoms with van der Waals surface area (Å²) in [6.07, 6.45) is 0. The minimum absolute atomic E-state index is 0.457. The quantitative estimate of drug-likeness (QED) is 0.287. The highest BCUT2D eigenvalue weighted by molar-refractivity contribution is 7.10. The maximum Gasteiger partial charge on any atom is 0.109 e. The zero-order chi connectivity index (χ0) is 9.46. The van der Waals surface area contributed by atoms with Crippen molar-refractivity contribution in [3.05, 3.63) is 0 Å². The third kappa shape index (κ3) is 0.815. The van der Waals surface area contributed by atoms with Crippen LogP contribution in [0.4, 0.5) is 0 Å². The minimum atomic E-state index is -0.457. The van der Waals surface area contributed by atoms with Crippen molar-refractivity contribution in [2.75, 3.05) is 0 Å². The lowest BCUT2D eigenvalue weighted by Crippen LogP contribution is -2.47. The summed E-state index contributed by atoms with van der Waals surface area (Å²) in [5, 5.41) is 42.7. The van der Waals surface area contributed by atoms with Gasteiger partial charge in [-0.1, -0.05) is 0 Å². The first-order valence-electron chi connectivity index (χ1n) is 3.00. The van der Waals surface area contributed by atoms with Gasteiger partial charge in [-0.2, -0.15) is 0 Å². The molecule has 1 fully saturated rings. The van der Waals surface area contributed by atoms with Crippen LogP contribution >= 0.6 is 0 Å². The largest absolute Gasteiger partial charge is 0.296 e. The van der Waals surface area contributed by atoms with E-state index in [2.05, 4.69) is 0 Å². The van der Waals surface area contributed by atoms with Gasteiger partial charge in [-0.05, 0) is 0 Å². The number of rotatable bonds is 0. The molecule has 0 unspecified atom stereocenters. The van der Waals surface area contributed by atoms with Crippen LogP contribution in [0.15, 0.2) is 0 Å². The predicted octanol–water partition coefficient (Wildman–Crippen LogP) is 0.119. The van der Waals surface area contributed by atoms with Crippen molar-refractivity contribution in [1.82, 2.24) is 0 Å². The molecule has 6 heteroatoms. The van der Waals surface area contributed by atoms with Gasteiger partial charge in [0, 0.05) is 0 Å². The second-order valence-electron chi connectivity index (χ2n) is 2.25. The van der Waals surface area contributed by atoms with Crippen molar-refractivity contribution in [1.29, 1.82) is 32.5 Å². The molecule has 12 heavy (non-hydrogen) atoms. The van der Waals surface area contributed by atoms with Crippen molar-refractivity contribution in [3.63, 3.8) is 0 Å². The number of hydrogen-bond acceptors (Lipinski definition) is 6. The fraction of sp³-hybridized carbons (Fsp3) is 0. The smallest absolute Gasteiger partial charge is 0.109 e. The van der Waals surface area contributed by atoms with Crippen LogP contribution in [-0.4, -0.2) is 34.3 Å². The van der Waals surface area contributed by atoms with Crippen LogP contribution < -0.4 is 0 Å². The number of nitrogens with one attached hydrogen (secondary N) is 6. The van der Waals surface area contributed by atoms with E-state index in [1.165, 1.54) is 0 Å². The Morgan fingerprint density at radius 3 is 0.500 bits per heavy atom. The Kier molecular flexibility index (Phi) is 1.53. The lowest BCUT2D eigenvalue weighted by atomic mass is 9.89. The van der Waals surface area contributed by atoms with E-state index < -0.39 is 34.3 Å². The van der Waals surface area contributed by atoms with E-state index in [1.807, 2.05) is 0 Å². The Labute approximate surface area is 67.7 Å². The Balaban J connectivity index is 3.25. The van der Waals surface area contributed by atoms with Gasteiger partial charge in [-0.15, -0.1) is 0 Å². The van der Waals surface area contributed by atoms with Gasteiger partial charge in [0.1, 0.15) is 34.3 Å². The van der Waals surface area contributed by atoms with Crippen LogP contribution in [0, 0.1) is 32.5 Å². The average molecular weight is 162 g/mol. The number of hydrogen-bond donors (Lipinski definition) is 6. The maximum absolute atomic E-state index is 7.12. The van der Waals surface area contributed by atoms with Crippen LogP contribution in [0.2, 0.25) is 0 Å². The molecule has 0 heterocycles. The van der Waals surface area contributed by atoms with Gasteiger partial charge < -0.3 is 0 Å². The van der Waals surface area contributed by atoms with Gasteiger partial charge in [0.05, 0.1) is 0 Å². The fourth-order valence-electron chi connectivity index (χ4n) is 0.750. The first-order chi connectivity index (χ1) is 5.46. The van der Waals surface area contributed by atoms with Gasteiger partial charge >= 0.3 is 0 Å². The van der Waals surface area contributed by atoms with Gasteiger partial charge in [0.2, 0.25) is 0 Å². The first-order valence-corrected chi connectivity index (χ1v) is 3.00. The molecule has 0 aliphatic heterocycles. The van der Waals surface area contributed by atoms with E-state index in [0.717, 1.165) is 0 Å². The minimum Gasteiger partial charge on any atom is -0.296 e. The molecule has 0 aromatic rings. The van der Waals surface area contributed by atoms with Gasteiger partial charge in [0.15, 0.2) is 0 Å². The summed E-state index contributed by atoms with van der Waals surface area (Å²) < 4.78 is 0. The van der Waals surface area contributed by atoms with Crippen LogP contribution in [0.1, 0.15) is 0 Å². The molecule has 1 rings (SSSR count). The third-order valence-electron chi connectivity index (χ3n) is 1.50. The van der Waals surface area contributed by atoms with Crippen molar-refractivity contribution < 1.29 is 0 Å². The predicted molar refractivity (Wildman–Crippen MR) is 46.4 cm³/mol. The van der Waals surface area contributed by atoms with Crippen LogP contribution in [0.5, 0.6) is 0 Å². The molecule has 0 saturated heterocycles. The molecular formula is C6H6N6. The highest BCUT2D eigenvalue weighted by atomic mass is 14.7. The van der Waals surface area contributed by atoms with E-state index in [1.54, 1.807) is 0 Å². The fourth-order valence-corrected chi connectivity index (χ4v) is 0.750.